The highest BCUT2D eigenvalue weighted by atomic mass is 32.1. The van der Waals surface area contributed by atoms with Gasteiger partial charge in [0, 0.05) is 18.0 Å². The van der Waals surface area contributed by atoms with Crippen LogP contribution in [0.1, 0.15) is 6.92 Å². The summed E-state index contributed by atoms with van der Waals surface area (Å²) < 4.78 is 18.8. The predicted molar refractivity (Wildman–Crippen MR) is 68.2 cm³/mol. The Morgan fingerprint density at radius 2 is 2.29 bits per heavy atom. The molecule has 0 aliphatic carbocycles. The summed E-state index contributed by atoms with van der Waals surface area (Å²) in [6.07, 6.45) is 0. The van der Waals surface area contributed by atoms with E-state index in [0.717, 1.165) is 16.4 Å². The molecule has 1 aromatic carbocycles. The molecule has 0 aliphatic rings. The minimum atomic E-state index is -0.356. The average molecular weight is 252 g/mol. The summed E-state index contributed by atoms with van der Waals surface area (Å²) in [6, 6.07) is 4.89. The lowest BCUT2D eigenvalue weighted by molar-refractivity contribution is 0.321. The van der Waals surface area contributed by atoms with Crippen molar-refractivity contribution in [2.75, 3.05) is 19.0 Å². The van der Waals surface area contributed by atoms with Crippen molar-refractivity contribution in [1.82, 2.24) is 4.98 Å². The molecule has 1 N–H and O–H groups in total. The zero-order valence-corrected chi connectivity index (χ0v) is 10.5. The van der Waals surface area contributed by atoms with Crippen LogP contribution in [0.25, 0.3) is 10.6 Å². The third-order valence-corrected chi connectivity index (χ3v) is 3.13. The lowest BCUT2D eigenvalue weighted by Gasteiger charge is -2.05. The molecule has 1 heterocycles. The van der Waals surface area contributed by atoms with Gasteiger partial charge in [0.1, 0.15) is 10.8 Å². The summed E-state index contributed by atoms with van der Waals surface area (Å²) >= 11 is 1.47. The van der Waals surface area contributed by atoms with Crippen LogP contribution >= 0.6 is 11.3 Å². The van der Waals surface area contributed by atoms with Crippen molar-refractivity contribution >= 4 is 17.2 Å². The molecule has 1 aromatic heterocycles. The third kappa shape index (κ3) is 2.55. The number of nitrogens with one attached hydrogen (secondary N) is 1. The van der Waals surface area contributed by atoms with Gasteiger partial charge in [-0.25, -0.2) is 9.37 Å². The van der Waals surface area contributed by atoms with E-state index in [4.69, 9.17) is 4.74 Å². The SMILES string of the molecule is CCOc1ccc(-c2nc(NC)cs2)cc1F. The topological polar surface area (TPSA) is 34.1 Å². The molecular formula is C12H13FN2OS. The molecule has 3 nitrogen and oxygen atoms in total. The normalized spacial score (nSPS) is 10.3. The van der Waals surface area contributed by atoms with Crippen LogP contribution < -0.4 is 10.1 Å². The number of hydrogen-bond donors (Lipinski definition) is 1. The second kappa shape index (κ2) is 5.14. The number of aromatic nitrogens is 1. The van der Waals surface area contributed by atoms with E-state index in [0.29, 0.717) is 6.61 Å². The summed E-state index contributed by atoms with van der Waals surface area (Å²) in [5, 5.41) is 5.63. The highest BCUT2D eigenvalue weighted by Gasteiger charge is 2.08. The van der Waals surface area contributed by atoms with Gasteiger partial charge in [0.2, 0.25) is 0 Å². The molecule has 0 spiro atoms. The molecule has 0 saturated carbocycles. The second-order valence-corrected chi connectivity index (χ2v) is 4.22. The number of thiazole rings is 1. The Labute approximate surface area is 103 Å². The fourth-order valence-corrected chi connectivity index (χ4v) is 2.24. The Balaban J connectivity index is 2.30. The summed E-state index contributed by atoms with van der Waals surface area (Å²) in [7, 11) is 1.80. The number of ether oxygens (including phenoxy) is 1. The minimum Gasteiger partial charge on any atom is -0.491 e. The molecule has 0 unspecified atom stereocenters. The van der Waals surface area contributed by atoms with Gasteiger partial charge >= 0.3 is 0 Å². The van der Waals surface area contributed by atoms with Crippen molar-refractivity contribution in [3.63, 3.8) is 0 Å². The van der Waals surface area contributed by atoms with Crippen LogP contribution in [0, 0.1) is 5.82 Å². The maximum absolute atomic E-state index is 13.6. The molecule has 2 aromatic rings. The summed E-state index contributed by atoms with van der Waals surface area (Å²) in [4.78, 5) is 4.32. The molecule has 0 fully saturated rings. The maximum Gasteiger partial charge on any atom is 0.165 e. The Kier molecular flexibility index (Phi) is 3.58. The van der Waals surface area contributed by atoms with Gasteiger partial charge in [0.05, 0.1) is 6.61 Å². The van der Waals surface area contributed by atoms with Crippen molar-refractivity contribution < 1.29 is 9.13 Å². The Morgan fingerprint density at radius 1 is 1.47 bits per heavy atom. The highest BCUT2D eigenvalue weighted by molar-refractivity contribution is 7.13. The first kappa shape index (κ1) is 11.9. The quantitative estimate of drug-likeness (QED) is 0.905. The van der Waals surface area contributed by atoms with Gasteiger partial charge in [-0.2, -0.15) is 0 Å². The van der Waals surface area contributed by atoms with Crippen LogP contribution in [0.4, 0.5) is 10.2 Å². The molecule has 0 saturated heterocycles. The second-order valence-electron chi connectivity index (χ2n) is 3.37. The van der Waals surface area contributed by atoms with Gasteiger partial charge in [0.25, 0.3) is 0 Å². The summed E-state index contributed by atoms with van der Waals surface area (Å²) in [5.74, 6) is 0.714. The standard InChI is InChI=1S/C12H13FN2OS/c1-3-16-10-5-4-8(6-9(10)13)12-15-11(14-2)7-17-12/h4-7,14H,3H2,1-2H3. The molecule has 90 valence electrons. The fraction of sp³-hybridized carbons (Fsp3) is 0.250. The minimum absolute atomic E-state index is 0.279. The monoisotopic (exact) mass is 252 g/mol. The first-order valence-electron chi connectivity index (χ1n) is 5.30. The first-order valence-corrected chi connectivity index (χ1v) is 6.18. The number of benzene rings is 1. The van der Waals surface area contributed by atoms with Crippen LogP contribution in [0.2, 0.25) is 0 Å². The molecule has 2 rings (SSSR count). The van der Waals surface area contributed by atoms with Crippen molar-refractivity contribution in [2.45, 2.75) is 6.92 Å². The predicted octanol–water partition coefficient (Wildman–Crippen LogP) is 3.39. The maximum atomic E-state index is 13.6. The van der Waals surface area contributed by atoms with Crippen LogP contribution in [-0.4, -0.2) is 18.6 Å². The highest BCUT2D eigenvalue weighted by Crippen LogP contribution is 2.29. The zero-order chi connectivity index (χ0) is 12.3. The van der Waals surface area contributed by atoms with E-state index < -0.39 is 0 Å². The van der Waals surface area contributed by atoms with Gasteiger partial charge < -0.3 is 10.1 Å². The molecular weight excluding hydrogens is 239 g/mol. The van der Waals surface area contributed by atoms with E-state index in [1.54, 1.807) is 13.1 Å². The molecule has 5 heteroatoms. The largest absolute Gasteiger partial charge is 0.491 e. The molecule has 0 bridgehead atoms. The van der Waals surface area contributed by atoms with Crippen LogP contribution in [0.15, 0.2) is 23.6 Å². The molecule has 17 heavy (non-hydrogen) atoms. The van der Waals surface area contributed by atoms with E-state index in [9.17, 15) is 4.39 Å². The fourth-order valence-electron chi connectivity index (χ4n) is 1.43. The Bertz CT molecular complexity index is 513. The summed E-state index contributed by atoms with van der Waals surface area (Å²) in [6.45, 7) is 2.28. The van der Waals surface area contributed by atoms with Crippen molar-refractivity contribution in [1.29, 1.82) is 0 Å². The molecule has 0 aliphatic heterocycles. The molecule has 0 atom stereocenters. The smallest absolute Gasteiger partial charge is 0.165 e. The van der Waals surface area contributed by atoms with Gasteiger partial charge in [-0.15, -0.1) is 11.3 Å². The van der Waals surface area contributed by atoms with Crippen molar-refractivity contribution in [2.24, 2.45) is 0 Å². The van der Waals surface area contributed by atoms with Gasteiger partial charge in [0.15, 0.2) is 11.6 Å². The van der Waals surface area contributed by atoms with E-state index in [2.05, 4.69) is 10.3 Å². The van der Waals surface area contributed by atoms with Crippen molar-refractivity contribution in [3.8, 4) is 16.3 Å². The van der Waals surface area contributed by atoms with Gasteiger partial charge in [-0.1, -0.05) is 0 Å². The van der Waals surface area contributed by atoms with Gasteiger partial charge in [-0.05, 0) is 25.1 Å². The van der Waals surface area contributed by atoms with E-state index in [1.807, 2.05) is 18.4 Å². The lowest BCUT2D eigenvalue weighted by atomic mass is 10.2. The number of anilines is 1. The first-order chi connectivity index (χ1) is 8.24. The summed E-state index contributed by atoms with van der Waals surface area (Å²) in [5.41, 5.74) is 0.762. The lowest BCUT2D eigenvalue weighted by Crippen LogP contribution is -1.94. The number of nitrogens with zero attached hydrogens (tertiary/aromatic N) is 1. The van der Waals surface area contributed by atoms with E-state index >= 15 is 0 Å². The number of rotatable bonds is 4. The third-order valence-electron chi connectivity index (χ3n) is 2.24. The van der Waals surface area contributed by atoms with E-state index in [1.165, 1.54) is 17.4 Å². The van der Waals surface area contributed by atoms with Crippen LogP contribution in [-0.2, 0) is 0 Å². The van der Waals surface area contributed by atoms with Crippen LogP contribution in [0.3, 0.4) is 0 Å². The molecule has 0 amide bonds. The van der Waals surface area contributed by atoms with E-state index in [-0.39, 0.29) is 11.6 Å². The Hall–Kier alpha value is -1.62. The zero-order valence-electron chi connectivity index (χ0n) is 9.66. The van der Waals surface area contributed by atoms with Crippen LogP contribution in [0.5, 0.6) is 5.75 Å². The number of halogens is 1. The van der Waals surface area contributed by atoms with Gasteiger partial charge in [-0.3, -0.25) is 0 Å². The number of hydrogen-bond acceptors (Lipinski definition) is 4. The van der Waals surface area contributed by atoms with Crippen molar-refractivity contribution in [3.05, 3.63) is 29.4 Å². The average Bonchev–Trinajstić information content (AvgIpc) is 2.80. The Morgan fingerprint density at radius 3 is 2.88 bits per heavy atom. The molecule has 0 radical (unpaired) electrons.